The van der Waals surface area contributed by atoms with E-state index in [0.717, 1.165) is 35.6 Å². The number of amides is 1. The lowest BCUT2D eigenvalue weighted by molar-refractivity contribution is -0.123. The Morgan fingerprint density at radius 1 is 0.970 bits per heavy atom. The average molecular weight is 464 g/mol. The van der Waals surface area contributed by atoms with Crippen LogP contribution < -0.4 is 14.8 Å². The van der Waals surface area contributed by atoms with Crippen LogP contribution >= 0.6 is 11.6 Å². The molecule has 0 aliphatic carbocycles. The molecule has 6 nitrogen and oxygen atoms in total. The van der Waals surface area contributed by atoms with Gasteiger partial charge in [-0.3, -0.25) is 4.79 Å². The van der Waals surface area contributed by atoms with Crippen molar-refractivity contribution in [1.82, 2.24) is 14.9 Å². The van der Waals surface area contributed by atoms with Crippen LogP contribution in [-0.2, 0) is 11.3 Å². The maximum Gasteiger partial charge on any atom is 0.258 e. The Bertz CT molecular complexity index is 1190. The number of halogens is 1. The van der Waals surface area contributed by atoms with Gasteiger partial charge >= 0.3 is 0 Å². The number of aromatic nitrogens is 2. The van der Waals surface area contributed by atoms with Crippen LogP contribution in [0.1, 0.15) is 25.2 Å². The number of benzene rings is 3. The SMILES string of the molecule is CC(NC(=O)COc1ccc(Cl)cc1)c1nc2ccccc2n1CCCOc1ccccc1. The molecule has 0 saturated heterocycles. The highest BCUT2D eigenvalue weighted by molar-refractivity contribution is 6.30. The molecule has 1 aromatic heterocycles. The minimum atomic E-state index is -0.284. The Morgan fingerprint density at radius 2 is 1.67 bits per heavy atom. The van der Waals surface area contributed by atoms with Gasteiger partial charge in [-0.05, 0) is 61.9 Å². The lowest BCUT2D eigenvalue weighted by Gasteiger charge is -2.17. The molecule has 1 heterocycles. The van der Waals surface area contributed by atoms with Crippen LogP contribution in [0.2, 0.25) is 5.02 Å². The van der Waals surface area contributed by atoms with Crippen LogP contribution in [0.15, 0.2) is 78.9 Å². The van der Waals surface area contributed by atoms with Gasteiger partial charge in [0, 0.05) is 11.6 Å². The second kappa shape index (κ2) is 10.9. The number of aryl methyl sites for hydroxylation is 1. The van der Waals surface area contributed by atoms with Crippen molar-refractivity contribution >= 4 is 28.5 Å². The molecule has 0 radical (unpaired) electrons. The first-order chi connectivity index (χ1) is 16.1. The fourth-order valence-electron chi connectivity index (χ4n) is 3.62. The van der Waals surface area contributed by atoms with E-state index < -0.39 is 0 Å². The van der Waals surface area contributed by atoms with E-state index in [4.69, 9.17) is 26.1 Å². The number of hydrogen-bond donors (Lipinski definition) is 1. The summed E-state index contributed by atoms with van der Waals surface area (Å²) in [4.78, 5) is 17.3. The average Bonchev–Trinajstić information content (AvgIpc) is 3.21. The topological polar surface area (TPSA) is 65.4 Å². The fraction of sp³-hybridized carbons (Fsp3) is 0.231. The maximum absolute atomic E-state index is 12.5. The smallest absolute Gasteiger partial charge is 0.258 e. The molecule has 0 bridgehead atoms. The Hall–Kier alpha value is -3.51. The fourth-order valence-corrected chi connectivity index (χ4v) is 3.74. The molecular weight excluding hydrogens is 438 g/mol. The number of carbonyl (C=O) groups excluding carboxylic acids is 1. The third-order valence-electron chi connectivity index (χ3n) is 5.17. The van der Waals surface area contributed by atoms with Gasteiger partial charge in [-0.1, -0.05) is 41.9 Å². The summed E-state index contributed by atoms with van der Waals surface area (Å²) in [6.07, 6.45) is 0.808. The van der Waals surface area contributed by atoms with Gasteiger partial charge in [0.05, 0.1) is 23.7 Å². The van der Waals surface area contributed by atoms with E-state index in [1.54, 1.807) is 24.3 Å². The number of nitrogens with one attached hydrogen (secondary N) is 1. The van der Waals surface area contributed by atoms with Crippen molar-refractivity contribution in [3.05, 3.63) is 89.7 Å². The quantitative estimate of drug-likeness (QED) is 0.319. The molecule has 0 fully saturated rings. The molecule has 1 N–H and O–H groups in total. The van der Waals surface area contributed by atoms with Crippen molar-refractivity contribution in [2.75, 3.05) is 13.2 Å². The van der Waals surface area contributed by atoms with Gasteiger partial charge in [0.1, 0.15) is 17.3 Å². The predicted octanol–water partition coefficient (Wildman–Crippen LogP) is 5.42. The highest BCUT2D eigenvalue weighted by atomic mass is 35.5. The number of hydrogen-bond acceptors (Lipinski definition) is 4. The molecule has 4 rings (SSSR count). The first-order valence-electron chi connectivity index (χ1n) is 10.9. The zero-order valence-electron chi connectivity index (χ0n) is 18.4. The summed E-state index contributed by atoms with van der Waals surface area (Å²) in [6, 6.07) is 24.4. The standard InChI is InChI=1S/C26H26ClN3O3/c1-19(28-25(31)18-33-22-14-12-20(27)13-15-22)26-29-23-10-5-6-11-24(23)30(26)16-7-17-32-21-8-3-2-4-9-21/h2-6,8-15,19H,7,16-18H2,1H3,(H,28,31). The van der Waals surface area contributed by atoms with E-state index in [1.165, 1.54) is 0 Å². The normalized spacial score (nSPS) is 11.8. The molecule has 3 aromatic carbocycles. The van der Waals surface area contributed by atoms with E-state index in [9.17, 15) is 4.79 Å². The lowest BCUT2D eigenvalue weighted by Crippen LogP contribution is -2.32. The first-order valence-corrected chi connectivity index (χ1v) is 11.3. The van der Waals surface area contributed by atoms with E-state index in [2.05, 4.69) is 9.88 Å². The van der Waals surface area contributed by atoms with Gasteiger partial charge in [0.15, 0.2) is 6.61 Å². The van der Waals surface area contributed by atoms with Crippen LogP contribution in [0.3, 0.4) is 0 Å². The van der Waals surface area contributed by atoms with Crippen LogP contribution in [0.5, 0.6) is 11.5 Å². The number of imidazole rings is 1. The van der Waals surface area contributed by atoms with Gasteiger partial charge in [0.2, 0.25) is 0 Å². The number of rotatable bonds is 10. The van der Waals surface area contributed by atoms with Gasteiger partial charge in [0.25, 0.3) is 5.91 Å². The van der Waals surface area contributed by atoms with Crippen molar-refractivity contribution in [3.8, 4) is 11.5 Å². The molecule has 170 valence electrons. The van der Waals surface area contributed by atoms with Crippen LogP contribution in [0, 0.1) is 0 Å². The molecule has 1 amide bonds. The molecule has 1 atom stereocenters. The van der Waals surface area contributed by atoms with E-state index in [-0.39, 0.29) is 18.6 Å². The largest absolute Gasteiger partial charge is 0.494 e. The second-order valence-electron chi connectivity index (χ2n) is 7.66. The molecule has 0 spiro atoms. The van der Waals surface area contributed by atoms with Gasteiger partial charge in [-0.2, -0.15) is 0 Å². The van der Waals surface area contributed by atoms with Gasteiger partial charge < -0.3 is 19.4 Å². The first kappa shape index (κ1) is 22.7. The van der Waals surface area contributed by atoms with Crippen molar-refractivity contribution in [3.63, 3.8) is 0 Å². The molecular formula is C26H26ClN3O3. The number of ether oxygens (including phenoxy) is 2. The molecule has 0 aliphatic rings. The summed E-state index contributed by atoms with van der Waals surface area (Å²) >= 11 is 5.88. The predicted molar refractivity (Wildman–Crippen MR) is 130 cm³/mol. The lowest BCUT2D eigenvalue weighted by atomic mass is 10.3. The molecule has 33 heavy (non-hydrogen) atoms. The summed E-state index contributed by atoms with van der Waals surface area (Å²) in [7, 11) is 0. The van der Waals surface area contributed by atoms with Gasteiger partial charge in [-0.25, -0.2) is 4.98 Å². The highest BCUT2D eigenvalue weighted by Crippen LogP contribution is 2.22. The van der Waals surface area contributed by atoms with Gasteiger partial charge in [-0.15, -0.1) is 0 Å². The molecule has 0 aliphatic heterocycles. The molecule has 1 unspecified atom stereocenters. The number of carbonyl (C=O) groups is 1. The Labute approximate surface area is 198 Å². The molecule has 7 heteroatoms. The number of fused-ring (bicyclic) bond motifs is 1. The third kappa shape index (κ3) is 6.05. The Morgan fingerprint density at radius 3 is 2.45 bits per heavy atom. The minimum Gasteiger partial charge on any atom is -0.494 e. The second-order valence-corrected chi connectivity index (χ2v) is 8.09. The molecule has 4 aromatic rings. The monoisotopic (exact) mass is 463 g/mol. The van der Waals surface area contributed by atoms with E-state index in [0.29, 0.717) is 17.4 Å². The summed E-state index contributed by atoms with van der Waals surface area (Å²) < 4.78 is 13.5. The summed E-state index contributed by atoms with van der Waals surface area (Å²) in [5.74, 6) is 2.03. The zero-order valence-corrected chi connectivity index (χ0v) is 19.2. The van der Waals surface area contributed by atoms with E-state index >= 15 is 0 Å². The highest BCUT2D eigenvalue weighted by Gasteiger charge is 2.18. The number of para-hydroxylation sites is 3. The van der Waals surface area contributed by atoms with Crippen molar-refractivity contribution in [1.29, 1.82) is 0 Å². The Balaban J connectivity index is 1.39. The number of nitrogens with zero attached hydrogens (tertiary/aromatic N) is 2. The van der Waals surface area contributed by atoms with E-state index in [1.807, 2.05) is 61.5 Å². The molecule has 0 saturated carbocycles. The van der Waals surface area contributed by atoms with Crippen LogP contribution in [0.4, 0.5) is 0 Å². The minimum absolute atomic E-state index is 0.0862. The maximum atomic E-state index is 12.5. The zero-order chi connectivity index (χ0) is 23.0. The van der Waals surface area contributed by atoms with Crippen LogP contribution in [0.25, 0.3) is 11.0 Å². The third-order valence-corrected chi connectivity index (χ3v) is 5.42. The summed E-state index contributed by atoms with van der Waals surface area (Å²) in [5.41, 5.74) is 1.93. The van der Waals surface area contributed by atoms with Crippen molar-refractivity contribution in [2.45, 2.75) is 25.9 Å². The summed E-state index contributed by atoms with van der Waals surface area (Å²) in [5, 5.41) is 3.61. The van der Waals surface area contributed by atoms with Crippen molar-refractivity contribution < 1.29 is 14.3 Å². The van der Waals surface area contributed by atoms with Crippen molar-refractivity contribution in [2.24, 2.45) is 0 Å². The Kier molecular flexibility index (Phi) is 7.47. The summed E-state index contributed by atoms with van der Waals surface area (Å²) in [6.45, 7) is 3.16. The van der Waals surface area contributed by atoms with Crippen LogP contribution in [-0.4, -0.2) is 28.7 Å².